The molecule has 92 valence electrons. The summed E-state index contributed by atoms with van der Waals surface area (Å²) in [5, 5.41) is 2.74. The van der Waals surface area contributed by atoms with Crippen molar-refractivity contribution in [1.29, 1.82) is 0 Å². The van der Waals surface area contributed by atoms with Crippen LogP contribution in [0.5, 0.6) is 0 Å². The molecule has 0 aliphatic carbocycles. The van der Waals surface area contributed by atoms with Gasteiger partial charge in [0.2, 0.25) is 5.91 Å². The van der Waals surface area contributed by atoms with Crippen molar-refractivity contribution in [3.63, 3.8) is 0 Å². The number of unbranched alkanes of at least 4 members (excludes halogenated alkanes) is 1. The summed E-state index contributed by atoms with van der Waals surface area (Å²) in [6.07, 6.45) is 4.39. The number of likely N-dealkylation sites (tertiary alicyclic amines) is 1. The minimum Gasteiger partial charge on any atom is -0.338 e. The maximum absolute atomic E-state index is 11.8. The first-order valence-corrected chi connectivity index (χ1v) is 6.01. The molecule has 1 heterocycles. The summed E-state index contributed by atoms with van der Waals surface area (Å²) >= 11 is 0. The molecule has 0 aromatic carbocycles. The van der Waals surface area contributed by atoms with E-state index in [4.69, 9.17) is 5.73 Å². The number of carbonyl (C=O) groups is 2. The van der Waals surface area contributed by atoms with Crippen LogP contribution >= 0.6 is 0 Å². The molecular weight excluding hydrogens is 206 g/mol. The van der Waals surface area contributed by atoms with Crippen LogP contribution in [0.15, 0.2) is 0 Å². The van der Waals surface area contributed by atoms with Gasteiger partial charge in [0.05, 0.1) is 6.04 Å². The zero-order valence-electron chi connectivity index (χ0n) is 9.87. The molecule has 0 aromatic rings. The molecule has 0 aromatic heterocycles. The third kappa shape index (κ3) is 3.48. The zero-order valence-corrected chi connectivity index (χ0v) is 9.87. The van der Waals surface area contributed by atoms with Crippen molar-refractivity contribution in [2.45, 2.75) is 45.1 Å². The Bertz CT molecular complexity index is 256. The fourth-order valence-electron chi connectivity index (χ4n) is 1.74. The van der Waals surface area contributed by atoms with Gasteiger partial charge in [0.15, 0.2) is 0 Å². The van der Waals surface area contributed by atoms with E-state index in [0.717, 1.165) is 25.7 Å². The summed E-state index contributed by atoms with van der Waals surface area (Å²) in [7, 11) is 0. The van der Waals surface area contributed by atoms with E-state index in [1.54, 1.807) is 0 Å². The van der Waals surface area contributed by atoms with Gasteiger partial charge in [-0.3, -0.25) is 9.69 Å². The standard InChI is InChI=1S/C11H21N3O2/c1-2-3-7-13-11(16)14-8-5-4-6-9(12)10(14)15/h9H,2-8,12H2,1H3,(H,13,16)/t9-/m0/s1. The van der Waals surface area contributed by atoms with E-state index in [1.807, 2.05) is 0 Å². The van der Waals surface area contributed by atoms with Gasteiger partial charge in [-0.1, -0.05) is 13.3 Å². The lowest BCUT2D eigenvalue weighted by Crippen LogP contribution is -2.49. The van der Waals surface area contributed by atoms with E-state index in [-0.39, 0.29) is 11.9 Å². The first kappa shape index (κ1) is 13.0. The molecule has 1 aliphatic rings. The molecule has 16 heavy (non-hydrogen) atoms. The molecule has 1 fully saturated rings. The van der Waals surface area contributed by atoms with E-state index in [1.165, 1.54) is 4.90 Å². The summed E-state index contributed by atoms with van der Waals surface area (Å²) in [5.41, 5.74) is 5.69. The Morgan fingerprint density at radius 1 is 1.56 bits per heavy atom. The van der Waals surface area contributed by atoms with Gasteiger partial charge in [-0.05, 0) is 25.7 Å². The number of hydrogen-bond donors (Lipinski definition) is 2. The van der Waals surface area contributed by atoms with Crippen molar-refractivity contribution in [3.05, 3.63) is 0 Å². The second kappa shape index (κ2) is 6.48. The first-order chi connectivity index (χ1) is 7.66. The maximum atomic E-state index is 11.8. The molecule has 3 N–H and O–H groups in total. The number of nitrogens with zero attached hydrogens (tertiary/aromatic N) is 1. The van der Waals surface area contributed by atoms with Gasteiger partial charge in [-0.25, -0.2) is 4.79 Å². The predicted octanol–water partition coefficient (Wildman–Crippen LogP) is 0.836. The molecule has 0 saturated carbocycles. The molecule has 0 spiro atoms. The summed E-state index contributed by atoms with van der Waals surface area (Å²) in [6.45, 7) is 3.16. The Kier molecular flexibility index (Phi) is 5.25. The smallest absolute Gasteiger partial charge is 0.324 e. The van der Waals surface area contributed by atoms with Crippen LogP contribution in [-0.4, -0.2) is 36.0 Å². The van der Waals surface area contributed by atoms with E-state index in [2.05, 4.69) is 12.2 Å². The van der Waals surface area contributed by atoms with Gasteiger partial charge in [0.1, 0.15) is 0 Å². The number of nitrogens with one attached hydrogen (secondary N) is 1. The zero-order chi connectivity index (χ0) is 12.0. The molecule has 1 atom stereocenters. The fraction of sp³-hybridized carbons (Fsp3) is 0.818. The summed E-state index contributed by atoms with van der Waals surface area (Å²) < 4.78 is 0. The van der Waals surface area contributed by atoms with Crippen LogP contribution in [0.2, 0.25) is 0 Å². The van der Waals surface area contributed by atoms with Gasteiger partial charge in [-0.2, -0.15) is 0 Å². The van der Waals surface area contributed by atoms with Crippen LogP contribution in [0.3, 0.4) is 0 Å². The molecule has 0 bridgehead atoms. The predicted molar refractivity (Wildman–Crippen MR) is 61.8 cm³/mol. The summed E-state index contributed by atoms with van der Waals surface area (Å²) in [5.74, 6) is -0.244. The minimum atomic E-state index is -0.514. The Morgan fingerprint density at radius 3 is 3.00 bits per heavy atom. The van der Waals surface area contributed by atoms with Crippen molar-refractivity contribution in [3.8, 4) is 0 Å². The molecule has 0 unspecified atom stereocenters. The molecule has 1 rings (SSSR count). The van der Waals surface area contributed by atoms with Crippen molar-refractivity contribution < 1.29 is 9.59 Å². The third-order valence-electron chi connectivity index (χ3n) is 2.78. The van der Waals surface area contributed by atoms with Crippen LogP contribution in [0.25, 0.3) is 0 Å². The maximum Gasteiger partial charge on any atom is 0.324 e. The number of imide groups is 1. The Labute approximate surface area is 96.4 Å². The molecule has 1 aliphatic heterocycles. The highest BCUT2D eigenvalue weighted by Gasteiger charge is 2.28. The van der Waals surface area contributed by atoms with Gasteiger partial charge in [0.25, 0.3) is 0 Å². The fourth-order valence-corrected chi connectivity index (χ4v) is 1.74. The highest BCUT2D eigenvalue weighted by Crippen LogP contribution is 2.10. The van der Waals surface area contributed by atoms with Crippen molar-refractivity contribution in [2.75, 3.05) is 13.1 Å². The number of urea groups is 1. The lowest BCUT2D eigenvalue weighted by atomic mass is 10.1. The number of rotatable bonds is 3. The molecular formula is C11H21N3O2. The highest BCUT2D eigenvalue weighted by molar-refractivity contribution is 5.97. The van der Waals surface area contributed by atoms with E-state index in [0.29, 0.717) is 19.5 Å². The number of amides is 3. The lowest BCUT2D eigenvalue weighted by Gasteiger charge is -2.21. The summed E-state index contributed by atoms with van der Waals surface area (Å²) in [4.78, 5) is 24.7. The number of nitrogens with two attached hydrogens (primary N) is 1. The van der Waals surface area contributed by atoms with Crippen LogP contribution in [0.1, 0.15) is 39.0 Å². The number of hydrogen-bond acceptors (Lipinski definition) is 3. The first-order valence-electron chi connectivity index (χ1n) is 6.01. The molecule has 1 saturated heterocycles. The average molecular weight is 227 g/mol. The van der Waals surface area contributed by atoms with Gasteiger partial charge >= 0.3 is 6.03 Å². The largest absolute Gasteiger partial charge is 0.338 e. The van der Waals surface area contributed by atoms with E-state index in [9.17, 15) is 9.59 Å². The second-order valence-corrected chi connectivity index (χ2v) is 4.18. The second-order valence-electron chi connectivity index (χ2n) is 4.18. The van der Waals surface area contributed by atoms with Crippen LogP contribution < -0.4 is 11.1 Å². The van der Waals surface area contributed by atoms with E-state index >= 15 is 0 Å². The average Bonchev–Trinajstić information content (AvgIpc) is 2.43. The molecule has 5 nitrogen and oxygen atoms in total. The van der Waals surface area contributed by atoms with Gasteiger partial charge in [0, 0.05) is 13.1 Å². The summed E-state index contributed by atoms with van der Waals surface area (Å²) in [6, 6.07) is -0.810. The van der Waals surface area contributed by atoms with Gasteiger partial charge in [-0.15, -0.1) is 0 Å². The SMILES string of the molecule is CCCCNC(=O)N1CCCC[C@H](N)C1=O. The Balaban J connectivity index is 2.48. The molecule has 3 amide bonds. The Morgan fingerprint density at radius 2 is 2.31 bits per heavy atom. The van der Waals surface area contributed by atoms with Crippen LogP contribution in [0, 0.1) is 0 Å². The van der Waals surface area contributed by atoms with Crippen LogP contribution in [0.4, 0.5) is 4.79 Å². The topological polar surface area (TPSA) is 75.4 Å². The molecule has 5 heteroatoms. The van der Waals surface area contributed by atoms with E-state index < -0.39 is 6.04 Å². The lowest BCUT2D eigenvalue weighted by molar-refractivity contribution is -0.129. The third-order valence-corrected chi connectivity index (χ3v) is 2.78. The van der Waals surface area contributed by atoms with Crippen molar-refractivity contribution in [2.24, 2.45) is 5.73 Å². The van der Waals surface area contributed by atoms with Crippen molar-refractivity contribution in [1.82, 2.24) is 10.2 Å². The quantitative estimate of drug-likeness (QED) is 0.701. The monoisotopic (exact) mass is 227 g/mol. The molecule has 0 radical (unpaired) electrons. The Hall–Kier alpha value is -1.10. The highest BCUT2D eigenvalue weighted by atomic mass is 16.2. The number of carbonyl (C=O) groups excluding carboxylic acids is 2. The van der Waals surface area contributed by atoms with Gasteiger partial charge < -0.3 is 11.1 Å². The minimum absolute atomic E-state index is 0.244. The normalized spacial score (nSPS) is 21.8. The van der Waals surface area contributed by atoms with Crippen LogP contribution in [-0.2, 0) is 4.79 Å². The van der Waals surface area contributed by atoms with Crippen molar-refractivity contribution >= 4 is 11.9 Å².